The molecule has 1 aliphatic carbocycles. The monoisotopic (exact) mass is 378 g/mol. The molecule has 0 unspecified atom stereocenters. The molecule has 0 amide bonds. The first kappa shape index (κ1) is 18.4. The number of benzene rings is 2. The maximum atomic E-state index is 11.5. The Hall–Kier alpha value is -2.95. The molecule has 0 spiro atoms. The van der Waals surface area contributed by atoms with Crippen LogP contribution in [0.3, 0.4) is 0 Å². The number of nitrogens with zero attached hydrogens (tertiary/aromatic N) is 3. The summed E-state index contributed by atoms with van der Waals surface area (Å²) in [5.74, 6) is 0.192. The molecule has 144 valence electrons. The van der Waals surface area contributed by atoms with Crippen LogP contribution in [0.2, 0.25) is 0 Å². The van der Waals surface area contributed by atoms with E-state index in [0.29, 0.717) is 0 Å². The largest absolute Gasteiger partial charge is 0.477 e. The maximum absolute atomic E-state index is 11.5. The Balaban J connectivity index is 1.69. The van der Waals surface area contributed by atoms with Crippen LogP contribution in [-0.2, 0) is 6.42 Å². The standard InChI is InChI=1S/C21H22N4O3/c22-12-14-7-8-20(18(10-14)25(26)27)28-21-17-6-2-1-4-15(17)11-19(21)24-9-3-5-16(23)13-24/h1-2,4,6-8,10,16,19,21H,3,5,9,11,13,23H2/t16-,19-,21-/m1/s1. The van der Waals surface area contributed by atoms with Crippen molar-refractivity contribution in [3.63, 3.8) is 0 Å². The van der Waals surface area contributed by atoms with Crippen molar-refractivity contribution >= 4 is 5.69 Å². The van der Waals surface area contributed by atoms with Crippen molar-refractivity contribution in [2.45, 2.75) is 37.5 Å². The zero-order valence-electron chi connectivity index (χ0n) is 15.5. The first-order chi connectivity index (χ1) is 13.6. The highest BCUT2D eigenvalue weighted by Gasteiger charge is 2.40. The van der Waals surface area contributed by atoms with Gasteiger partial charge in [-0.2, -0.15) is 5.26 Å². The Morgan fingerprint density at radius 1 is 1.29 bits per heavy atom. The molecule has 0 saturated carbocycles. The molecule has 2 N–H and O–H groups in total. The van der Waals surface area contributed by atoms with E-state index in [1.165, 1.54) is 17.7 Å². The number of hydrogen-bond donors (Lipinski definition) is 1. The SMILES string of the molecule is N#Cc1ccc(O[C@@H]2c3ccccc3C[C@H]2N2CCC[C@@H](N)C2)c([N+](=O)[O-])c1. The van der Waals surface area contributed by atoms with Gasteiger partial charge in [0.15, 0.2) is 5.75 Å². The second kappa shape index (κ2) is 7.58. The van der Waals surface area contributed by atoms with E-state index >= 15 is 0 Å². The van der Waals surface area contributed by atoms with Gasteiger partial charge in [-0.1, -0.05) is 24.3 Å². The molecular formula is C21H22N4O3. The summed E-state index contributed by atoms with van der Waals surface area (Å²) in [6, 6.07) is 14.6. The third-order valence-corrected chi connectivity index (χ3v) is 5.64. The molecular weight excluding hydrogens is 356 g/mol. The van der Waals surface area contributed by atoms with Crippen LogP contribution < -0.4 is 10.5 Å². The molecule has 2 aromatic rings. The van der Waals surface area contributed by atoms with Gasteiger partial charge >= 0.3 is 5.69 Å². The fourth-order valence-electron chi connectivity index (χ4n) is 4.31. The molecule has 0 radical (unpaired) electrons. The van der Waals surface area contributed by atoms with Crippen molar-refractivity contribution in [1.82, 2.24) is 4.90 Å². The highest BCUT2D eigenvalue weighted by Crippen LogP contribution is 2.41. The quantitative estimate of drug-likeness (QED) is 0.648. The van der Waals surface area contributed by atoms with Crippen molar-refractivity contribution in [2.75, 3.05) is 13.1 Å². The first-order valence-electron chi connectivity index (χ1n) is 9.49. The summed E-state index contributed by atoms with van der Waals surface area (Å²) in [6.45, 7) is 1.75. The van der Waals surface area contributed by atoms with Crippen molar-refractivity contribution in [1.29, 1.82) is 5.26 Å². The number of fused-ring (bicyclic) bond motifs is 1. The molecule has 0 bridgehead atoms. The molecule has 3 atom stereocenters. The Labute approximate surface area is 163 Å². The van der Waals surface area contributed by atoms with Gasteiger partial charge in [-0.3, -0.25) is 15.0 Å². The minimum Gasteiger partial charge on any atom is -0.477 e. The predicted octanol–water partition coefficient (Wildman–Crippen LogP) is 2.93. The predicted molar refractivity (Wildman–Crippen MR) is 104 cm³/mol. The molecule has 1 heterocycles. The van der Waals surface area contributed by atoms with Gasteiger partial charge in [-0.25, -0.2) is 0 Å². The number of hydrogen-bond acceptors (Lipinski definition) is 6. The summed E-state index contributed by atoms with van der Waals surface area (Å²) in [4.78, 5) is 13.4. The van der Waals surface area contributed by atoms with Gasteiger partial charge in [0, 0.05) is 18.7 Å². The molecule has 0 aromatic heterocycles. The lowest BCUT2D eigenvalue weighted by molar-refractivity contribution is -0.386. The highest BCUT2D eigenvalue weighted by molar-refractivity contribution is 5.52. The van der Waals surface area contributed by atoms with Crippen LogP contribution in [0, 0.1) is 21.4 Å². The average Bonchev–Trinajstić information content (AvgIpc) is 3.07. The Morgan fingerprint density at radius 3 is 2.86 bits per heavy atom. The molecule has 2 aromatic carbocycles. The minimum absolute atomic E-state index is 0.0824. The van der Waals surface area contributed by atoms with Gasteiger partial charge in [0.25, 0.3) is 0 Å². The van der Waals surface area contributed by atoms with Gasteiger partial charge < -0.3 is 10.5 Å². The number of nitriles is 1. The van der Waals surface area contributed by atoms with E-state index in [1.54, 1.807) is 6.07 Å². The van der Waals surface area contributed by atoms with Gasteiger partial charge in [-0.05, 0) is 49.1 Å². The van der Waals surface area contributed by atoms with E-state index in [2.05, 4.69) is 11.0 Å². The summed E-state index contributed by atoms with van der Waals surface area (Å²) in [7, 11) is 0. The first-order valence-corrected chi connectivity index (χ1v) is 9.49. The normalized spacial score (nSPS) is 24.4. The zero-order chi connectivity index (χ0) is 19.7. The molecule has 4 rings (SSSR count). The van der Waals surface area contributed by atoms with Crippen molar-refractivity contribution in [2.24, 2.45) is 5.73 Å². The van der Waals surface area contributed by atoms with Crippen LogP contribution in [0.15, 0.2) is 42.5 Å². The summed E-state index contributed by atoms with van der Waals surface area (Å²) in [5, 5.41) is 20.6. The molecule has 1 aliphatic heterocycles. The van der Waals surface area contributed by atoms with Gasteiger partial charge in [0.05, 0.1) is 22.6 Å². The van der Waals surface area contributed by atoms with Crippen molar-refractivity contribution in [3.05, 3.63) is 69.3 Å². The number of piperidine rings is 1. The fraction of sp³-hybridized carbons (Fsp3) is 0.381. The number of nitro benzene ring substituents is 1. The topological polar surface area (TPSA) is 105 Å². The van der Waals surface area contributed by atoms with E-state index in [4.69, 9.17) is 15.7 Å². The second-order valence-electron chi connectivity index (χ2n) is 7.46. The van der Waals surface area contributed by atoms with Gasteiger partial charge in [0.1, 0.15) is 6.10 Å². The smallest absolute Gasteiger partial charge is 0.312 e. The van der Waals surface area contributed by atoms with Crippen LogP contribution in [-0.4, -0.2) is 35.0 Å². The number of nitrogens with two attached hydrogens (primary N) is 1. The Bertz CT molecular complexity index is 939. The van der Waals surface area contributed by atoms with Crippen LogP contribution in [0.25, 0.3) is 0 Å². The number of nitro groups is 1. The molecule has 28 heavy (non-hydrogen) atoms. The molecule has 1 fully saturated rings. The van der Waals surface area contributed by atoms with Gasteiger partial charge in [-0.15, -0.1) is 0 Å². The zero-order valence-corrected chi connectivity index (χ0v) is 15.5. The third-order valence-electron chi connectivity index (χ3n) is 5.64. The Morgan fingerprint density at radius 2 is 2.11 bits per heavy atom. The molecule has 1 saturated heterocycles. The fourth-order valence-corrected chi connectivity index (χ4v) is 4.31. The average molecular weight is 378 g/mol. The Kier molecular flexibility index (Phi) is 4.99. The van der Waals surface area contributed by atoms with Crippen molar-refractivity contribution < 1.29 is 9.66 Å². The number of ether oxygens (including phenoxy) is 1. The van der Waals surface area contributed by atoms with Crippen LogP contribution in [0.4, 0.5) is 5.69 Å². The van der Waals surface area contributed by atoms with Crippen LogP contribution >= 0.6 is 0 Å². The summed E-state index contributed by atoms with van der Waals surface area (Å²) >= 11 is 0. The lowest BCUT2D eigenvalue weighted by Crippen LogP contribution is -2.49. The van der Waals surface area contributed by atoms with E-state index in [0.717, 1.165) is 37.9 Å². The second-order valence-corrected chi connectivity index (χ2v) is 7.46. The molecule has 7 heteroatoms. The van der Waals surface area contributed by atoms with Gasteiger partial charge in [0.2, 0.25) is 0 Å². The number of rotatable bonds is 4. The van der Waals surface area contributed by atoms with Crippen LogP contribution in [0.1, 0.15) is 35.6 Å². The van der Waals surface area contributed by atoms with E-state index < -0.39 is 4.92 Å². The third kappa shape index (κ3) is 3.44. The maximum Gasteiger partial charge on any atom is 0.312 e. The molecule has 2 aliphatic rings. The minimum atomic E-state index is -0.497. The lowest BCUT2D eigenvalue weighted by atomic mass is 10.0. The molecule has 7 nitrogen and oxygen atoms in total. The summed E-state index contributed by atoms with van der Waals surface area (Å²) in [5.41, 5.74) is 8.51. The summed E-state index contributed by atoms with van der Waals surface area (Å²) in [6.07, 6.45) is 2.58. The highest BCUT2D eigenvalue weighted by atomic mass is 16.6. The van der Waals surface area contributed by atoms with Crippen molar-refractivity contribution in [3.8, 4) is 11.8 Å². The summed E-state index contributed by atoms with van der Waals surface area (Å²) < 4.78 is 6.26. The number of likely N-dealkylation sites (tertiary alicyclic amines) is 1. The van der Waals surface area contributed by atoms with E-state index in [1.807, 2.05) is 24.3 Å². The lowest BCUT2D eigenvalue weighted by Gasteiger charge is -2.38. The van der Waals surface area contributed by atoms with Crippen LogP contribution in [0.5, 0.6) is 5.75 Å². The van der Waals surface area contributed by atoms with E-state index in [-0.39, 0.29) is 35.2 Å². The van der Waals surface area contributed by atoms with E-state index in [9.17, 15) is 10.1 Å².